The summed E-state index contributed by atoms with van der Waals surface area (Å²) < 4.78 is 1.46. The third-order valence-corrected chi connectivity index (χ3v) is 2.56. The summed E-state index contributed by atoms with van der Waals surface area (Å²) >= 11 is 5.99. The van der Waals surface area contributed by atoms with E-state index in [0.29, 0.717) is 16.4 Å². The molecule has 0 aliphatic rings. The number of carbonyl (C=O) groups is 1. The summed E-state index contributed by atoms with van der Waals surface area (Å²) in [6.45, 7) is 1.59. The van der Waals surface area contributed by atoms with Gasteiger partial charge in [0.05, 0.1) is 22.4 Å². The number of amides is 1. The smallest absolute Gasteiger partial charge is 0.241 e. The van der Waals surface area contributed by atoms with E-state index < -0.39 is 6.04 Å². The second-order valence-electron chi connectivity index (χ2n) is 3.70. The van der Waals surface area contributed by atoms with Gasteiger partial charge in [-0.25, -0.2) is 4.68 Å². The number of nitrogens with two attached hydrogens (primary N) is 1. The minimum Gasteiger partial charge on any atom is -0.323 e. The zero-order chi connectivity index (χ0) is 13.1. The van der Waals surface area contributed by atoms with Crippen molar-refractivity contribution in [1.82, 2.24) is 20.2 Å². The van der Waals surface area contributed by atoms with Crippen LogP contribution in [0, 0.1) is 0 Å². The molecule has 2 rings (SSSR count). The number of nitrogens with one attached hydrogen (secondary N) is 1. The van der Waals surface area contributed by atoms with Crippen LogP contribution in [-0.4, -0.2) is 32.2 Å². The fraction of sp³-hybridized carbons (Fsp3) is 0.200. The van der Waals surface area contributed by atoms with Crippen molar-refractivity contribution < 1.29 is 4.79 Å². The van der Waals surface area contributed by atoms with Crippen LogP contribution < -0.4 is 11.1 Å². The first-order valence-corrected chi connectivity index (χ1v) is 5.55. The Labute approximate surface area is 108 Å². The third kappa shape index (κ3) is 2.63. The van der Waals surface area contributed by atoms with Crippen LogP contribution in [-0.2, 0) is 4.79 Å². The van der Waals surface area contributed by atoms with Crippen molar-refractivity contribution in [2.45, 2.75) is 13.0 Å². The Morgan fingerprint density at radius 1 is 1.56 bits per heavy atom. The number of anilines is 1. The van der Waals surface area contributed by atoms with Crippen molar-refractivity contribution in [3.8, 4) is 5.69 Å². The van der Waals surface area contributed by atoms with Crippen molar-refractivity contribution in [3.63, 3.8) is 0 Å². The van der Waals surface area contributed by atoms with Gasteiger partial charge < -0.3 is 11.1 Å². The lowest BCUT2D eigenvalue weighted by Gasteiger charge is -2.10. The summed E-state index contributed by atoms with van der Waals surface area (Å²) in [5.74, 6) is -0.314. The number of hydrogen-bond acceptors (Lipinski definition) is 5. The SMILES string of the molecule is C[C@H](N)C(=O)Nc1cc(-n2cnnn2)ccc1Cl. The normalized spacial score (nSPS) is 12.2. The summed E-state index contributed by atoms with van der Waals surface area (Å²) in [5, 5.41) is 13.9. The lowest BCUT2D eigenvalue weighted by molar-refractivity contribution is -0.117. The second kappa shape index (κ2) is 5.11. The number of halogens is 1. The molecule has 94 valence electrons. The van der Waals surface area contributed by atoms with E-state index in [1.165, 1.54) is 11.0 Å². The number of aromatic nitrogens is 4. The first-order chi connectivity index (χ1) is 8.58. The Morgan fingerprint density at radius 2 is 2.33 bits per heavy atom. The summed E-state index contributed by atoms with van der Waals surface area (Å²) in [5.41, 5.74) is 6.62. The number of carbonyl (C=O) groups excluding carboxylic acids is 1. The zero-order valence-corrected chi connectivity index (χ0v) is 10.3. The molecule has 1 aromatic carbocycles. The van der Waals surface area contributed by atoms with Gasteiger partial charge in [0, 0.05) is 0 Å². The maximum Gasteiger partial charge on any atom is 0.241 e. The predicted molar refractivity (Wildman–Crippen MR) is 66.4 cm³/mol. The van der Waals surface area contributed by atoms with Crippen molar-refractivity contribution in [2.24, 2.45) is 5.73 Å². The van der Waals surface area contributed by atoms with E-state index in [1.807, 2.05) is 0 Å². The van der Waals surface area contributed by atoms with Crippen molar-refractivity contribution in [2.75, 3.05) is 5.32 Å². The van der Waals surface area contributed by atoms with Crippen molar-refractivity contribution >= 4 is 23.2 Å². The van der Waals surface area contributed by atoms with Gasteiger partial charge in [-0.3, -0.25) is 4.79 Å². The molecule has 0 saturated carbocycles. The van der Waals surface area contributed by atoms with Gasteiger partial charge in [-0.15, -0.1) is 5.10 Å². The summed E-state index contributed by atoms with van der Waals surface area (Å²) in [6.07, 6.45) is 1.44. The molecule has 1 aromatic heterocycles. The Kier molecular flexibility index (Phi) is 3.54. The van der Waals surface area contributed by atoms with Crippen LogP contribution in [0.4, 0.5) is 5.69 Å². The molecule has 0 unspecified atom stereocenters. The average Bonchev–Trinajstić information content (AvgIpc) is 2.85. The van der Waals surface area contributed by atoms with E-state index in [-0.39, 0.29) is 5.91 Å². The lowest BCUT2D eigenvalue weighted by Crippen LogP contribution is -2.32. The fourth-order valence-electron chi connectivity index (χ4n) is 1.28. The molecule has 1 heterocycles. The molecular formula is C10H11ClN6O. The maximum atomic E-state index is 11.5. The monoisotopic (exact) mass is 266 g/mol. The molecule has 0 bridgehead atoms. The van der Waals surface area contributed by atoms with Gasteiger partial charge >= 0.3 is 0 Å². The van der Waals surface area contributed by atoms with E-state index in [1.54, 1.807) is 25.1 Å². The molecule has 18 heavy (non-hydrogen) atoms. The van der Waals surface area contributed by atoms with Crippen LogP contribution in [0.3, 0.4) is 0 Å². The first-order valence-electron chi connectivity index (χ1n) is 5.17. The molecule has 8 heteroatoms. The number of rotatable bonds is 3. The van der Waals surface area contributed by atoms with Gasteiger partial charge in [0.1, 0.15) is 6.33 Å². The molecule has 0 aliphatic heterocycles. The predicted octanol–water partition coefficient (Wildman–Crippen LogP) is 0.601. The quantitative estimate of drug-likeness (QED) is 0.848. The Hall–Kier alpha value is -1.99. The van der Waals surface area contributed by atoms with E-state index in [4.69, 9.17) is 17.3 Å². The van der Waals surface area contributed by atoms with Crippen molar-refractivity contribution in [3.05, 3.63) is 29.5 Å². The average molecular weight is 267 g/mol. The second-order valence-corrected chi connectivity index (χ2v) is 4.10. The van der Waals surface area contributed by atoms with Crippen LogP contribution in [0.25, 0.3) is 5.69 Å². The Balaban J connectivity index is 2.30. The minimum absolute atomic E-state index is 0.314. The van der Waals surface area contributed by atoms with Crippen LogP contribution in [0.1, 0.15) is 6.92 Å². The van der Waals surface area contributed by atoms with Gasteiger partial charge in [-0.1, -0.05) is 11.6 Å². The molecule has 3 N–H and O–H groups in total. The van der Waals surface area contributed by atoms with Crippen LogP contribution in [0.15, 0.2) is 24.5 Å². The number of nitrogens with zero attached hydrogens (tertiary/aromatic N) is 4. The third-order valence-electron chi connectivity index (χ3n) is 2.23. The molecule has 0 saturated heterocycles. The highest BCUT2D eigenvalue weighted by Gasteiger charge is 2.11. The topological polar surface area (TPSA) is 98.7 Å². The van der Waals surface area contributed by atoms with Gasteiger partial charge in [0.15, 0.2) is 0 Å². The van der Waals surface area contributed by atoms with Gasteiger partial charge in [0.25, 0.3) is 0 Å². The summed E-state index contributed by atoms with van der Waals surface area (Å²) in [6, 6.07) is 4.44. The molecule has 2 aromatic rings. The highest BCUT2D eigenvalue weighted by atomic mass is 35.5. The molecule has 0 radical (unpaired) electrons. The van der Waals surface area contributed by atoms with E-state index in [2.05, 4.69) is 20.8 Å². The van der Waals surface area contributed by atoms with Gasteiger partial charge in [-0.05, 0) is 35.5 Å². The largest absolute Gasteiger partial charge is 0.323 e. The molecule has 7 nitrogen and oxygen atoms in total. The van der Waals surface area contributed by atoms with E-state index in [9.17, 15) is 4.79 Å². The lowest BCUT2D eigenvalue weighted by atomic mass is 10.2. The standard InChI is InChI=1S/C10H11ClN6O/c1-6(12)10(18)14-9-4-7(2-3-8(9)11)17-5-13-15-16-17/h2-6H,12H2,1H3,(H,14,18)/t6-/m0/s1. The molecule has 1 atom stereocenters. The minimum atomic E-state index is -0.613. The highest BCUT2D eigenvalue weighted by Crippen LogP contribution is 2.24. The van der Waals surface area contributed by atoms with E-state index in [0.717, 1.165) is 0 Å². The van der Waals surface area contributed by atoms with Crippen LogP contribution >= 0.6 is 11.6 Å². The zero-order valence-electron chi connectivity index (χ0n) is 9.54. The van der Waals surface area contributed by atoms with Gasteiger partial charge in [-0.2, -0.15) is 0 Å². The Bertz CT molecular complexity index is 554. The number of hydrogen-bond donors (Lipinski definition) is 2. The summed E-state index contributed by atoms with van der Waals surface area (Å²) in [7, 11) is 0. The summed E-state index contributed by atoms with van der Waals surface area (Å²) in [4.78, 5) is 11.5. The van der Waals surface area contributed by atoms with Crippen molar-refractivity contribution in [1.29, 1.82) is 0 Å². The van der Waals surface area contributed by atoms with Crippen LogP contribution in [0.5, 0.6) is 0 Å². The molecule has 1 amide bonds. The molecule has 0 aliphatic carbocycles. The Morgan fingerprint density at radius 3 is 2.94 bits per heavy atom. The number of tetrazole rings is 1. The molecule has 0 spiro atoms. The molecular weight excluding hydrogens is 256 g/mol. The van der Waals surface area contributed by atoms with E-state index >= 15 is 0 Å². The highest BCUT2D eigenvalue weighted by molar-refractivity contribution is 6.33. The number of benzene rings is 1. The molecule has 0 fully saturated rings. The first kappa shape index (κ1) is 12.5. The van der Waals surface area contributed by atoms with Gasteiger partial charge in [0.2, 0.25) is 5.91 Å². The van der Waals surface area contributed by atoms with Crippen LogP contribution in [0.2, 0.25) is 5.02 Å². The maximum absolute atomic E-state index is 11.5. The fourth-order valence-corrected chi connectivity index (χ4v) is 1.44.